The van der Waals surface area contributed by atoms with Gasteiger partial charge in [0.2, 0.25) is 0 Å². The maximum atomic E-state index is 6.88. The molecule has 130 valence electrons. The first-order valence-corrected chi connectivity index (χ1v) is 10.0. The maximum Gasteiger partial charge on any atom is 0.169 e. The zero-order valence-corrected chi connectivity index (χ0v) is 15.8. The summed E-state index contributed by atoms with van der Waals surface area (Å²) in [4.78, 5) is 0. The van der Waals surface area contributed by atoms with Gasteiger partial charge in [0.1, 0.15) is 0 Å². The fourth-order valence-electron chi connectivity index (χ4n) is 8.07. The molecule has 0 amide bonds. The highest BCUT2D eigenvalue weighted by Crippen LogP contribution is 2.76. The van der Waals surface area contributed by atoms with Gasteiger partial charge in [-0.1, -0.05) is 27.7 Å². The number of hydrogen-bond donors (Lipinski definition) is 0. The van der Waals surface area contributed by atoms with E-state index in [1.54, 1.807) is 0 Å². The van der Waals surface area contributed by atoms with Crippen molar-refractivity contribution < 1.29 is 9.47 Å². The van der Waals surface area contributed by atoms with Crippen LogP contribution in [-0.2, 0) is 9.47 Å². The monoisotopic (exact) mass is 318 g/mol. The Labute approximate surface area is 141 Å². The van der Waals surface area contributed by atoms with Crippen LogP contribution < -0.4 is 0 Å². The lowest BCUT2D eigenvalue weighted by molar-refractivity contribution is -0.204. The minimum atomic E-state index is -0.326. The SMILES string of the molecule is CC1CC1C1(C)OC2CC34CC(C(C)(C)C3CCC4C)C2(C)O1. The van der Waals surface area contributed by atoms with Crippen LogP contribution in [0.25, 0.3) is 0 Å². The van der Waals surface area contributed by atoms with E-state index in [1.807, 2.05) is 0 Å². The van der Waals surface area contributed by atoms with Crippen molar-refractivity contribution in [2.24, 2.45) is 40.4 Å². The molecule has 5 rings (SSSR count). The molecule has 0 aromatic heterocycles. The molecule has 9 unspecified atom stereocenters. The van der Waals surface area contributed by atoms with Gasteiger partial charge in [0.05, 0.1) is 11.7 Å². The highest BCUT2D eigenvalue weighted by Gasteiger charge is 2.75. The van der Waals surface area contributed by atoms with Gasteiger partial charge in [0.15, 0.2) is 5.79 Å². The largest absolute Gasteiger partial charge is 0.344 e. The zero-order valence-electron chi connectivity index (χ0n) is 15.8. The van der Waals surface area contributed by atoms with Gasteiger partial charge in [-0.3, -0.25) is 0 Å². The van der Waals surface area contributed by atoms with Gasteiger partial charge in [-0.2, -0.15) is 0 Å². The number of hydrogen-bond acceptors (Lipinski definition) is 2. The Bertz CT molecular complexity index is 556. The first-order valence-electron chi connectivity index (χ1n) is 10.0. The molecule has 1 spiro atoms. The van der Waals surface area contributed by atoms with E-state index in [1.165, 1.54) is 32.1 Å². The van der Waals surface area contributed by atoms with E-state index in [9.17, 15) is 0 Å². The Morgan fingerprint density at radius 3 is 2.26 bits per heavy atom. The van der Waals surface area contributed by atoms with E-state index in [0.29, 0.717) is 28.8 Å². The predicted molar refractivity (Wildman–Crippen MR) is 90.9 cm³/mol. The van der Waals surface area contributed by atoms with E-state index in [2.05, 4.69) is 41.5 Å². The van der Waals surface area contributed by atoms with Crippen LogP contribution >= 0.6 is 0 Å². The molecule has 0 radical (unpaired) electrons. The van der Waals surface area contributed by atoms with Gasteiger partial charge in [-0.25, -0.2) is 0 Å². The third kappa shape index (κ3) is 1.59. The summed E-state index contributed by atoms with van der Waals surface area (Å²) in [7, 11) is 0. The molecule has 1 aliphatic heterocycles. The summed E-state index contributed by atoms with van der Waals surface area (Å²) in [6, 6.07) is 0. The summed E-state index contributed by atoms with van der Waals surface area (Å²) in [6.07, 6.45) is 7.04. The molecule has 1 heterocycles. The fourth-order valence-corrected chi connectivity index (χ4v) is 8.07. The van der Waals surface area contributed by atoms with Gasteiger partial charge in [0, 0.05) is 5.92 Å². The molecule has 1 saturated heterocycles. The molecule has 0 N–H and O–H groups in total. The Morgan fingerprint density at radius 2 is 1.61 bits per heavy atom. The number of fused-ring (bicyclic) bond motifs is 3. The Kier molecular flexibility index (Phi) is 2.65. The molecule has 9 atom stereocenters. The van der Waals surface area contributed by atoms with Crippen LogP contribution in [0.1, 0.15) is 73.6 Å². The number of ether oxygens (including phenoxy) is 2. The summed E-state index contributed by atoms with van der Waals surface area (Å²) >= 11 is 0. The molecule has 4 saturated carbocycles. The lowest BCUT2D eigenvalue weighted by Crippen LogP contribution is -2.52. The lowest BCUT2D eigenvalue weighted by Gasteiger charge is -2.47. The van der Waals surface area contributed by atoms with Crippen molar-refractivity contribution in [3.05, 3.63) is 0 Å². The van der Waals surface area contributed by atoms with Crippen molar-refractivity contribution in [2.75, 3.05) is 0 Å². The predicted octanol–water partition coefficient (Wildman–Crippen LogP) is 5.02. The number of rotatable bonds is 1. The highest BCUT2D eigenvalue weighted by atomic mass is 16.8. The van der Waals surface area contributed by atoms with Crippen molar-refractivity contribution in [2.45, 2.75) is 91.1 Å². The fraction of sp³-hybridized carbons (Fsp3) is 1.00. The molecule has 0 aromatic rings. The molecule has 23 heavy (non-hydrogen) atoms. The average Bonchev–Trinajstić information content (AvgIpc) is 2.93. The van der Waals surface area contributed by atoms with Crippen LogP contribution in [0, 0.1) is 40.4 Å². The van der Waals surface area contributed by atoms with Crippen LogP contribution in [0.3, 0.4) is 0 Å². The Hall–Kier alpha value is -0.0800. The summed E-state index contributed by atoms with van der Waals surface area (Å²) < 4.78 is 13.6. The second-order valence-electron chi connectivity index (χ2n) is 10.8. The molecule has 2 bridgehead atoms. The quantitative estimate of drug-likeness (QED) is 0.676. The first kappa shape index (κ1) is 15.2. The molecule has 2 nitrogen and oxygen atoms in total. The molecular weight excluding hydrogens is 284 g/mol. The molecule has 0 aromatic carbocycles. The van der Waals surface area contributed by atoms with Gasteiger partial charge < -0.3 is 9.47 Å². The van der Waals surface area contributed by atoms with Crippen molar-refractivity contribution in [3.63, 3.8) is 0 Å². The van der Waals surface area contributed by atoms with E-state index >= 15 is 0 Å². The molecule has 4 aliphatic carbocycles. The zero-order chi connectivity index (χ0) is 16.4. The van der Waals surface area contributed by atoms with E-state index < -0.39 is 0 Å². The molecular formula is C21H34O2. The van der Waals surface area contributed by atoms with Crippen molar-refractivity contribution in [1.29, 1.82) is 0 Å². The van der Waals surface area contributed by atoms with Crippen LogP contribution in [0.15, 0.2) is 0 Å². The minimum absolute atomic E-state index is 0.0735. The second kappa shape index (κ2) is 4.01. The van der Waals surface area contributed by atoms with Crippen LogP contribution in [0.4, 0.5) is 0 Å². The van der Waals surface area contributed by atoms with Gasteiger partial charge >= 0.3 is 0 Å². The third-order valence-electron chi connectivity index (χ3n) is 9.42. The topological polar surface area (TPSA) is 18.5 Å². The van der Waals surface area contributed by atoms with E-state index in [-0.39, 0.29) is 11.4 Å². The van der Waals surface area contributed by atoms with Crippen molar-refractivity contribution in [3.8, 4) is 0 Å². The van der Waals surface area contributed by atoms with Crippen LogP contribution in [0.5, 0.6) is 0 Å². The van der Waals surface area contributed by atoms with Gasteiger partial charge in [-0.15, -0.1) is 0 Å². The van der Waals surface area contributed by atoms with Gasteiger partial charge in [0.25, 0.3) is 0 Å². The summed E-state index contributed by atoms with van der Waals surface area (Å²) in [5.41, 5.74) is 0.843. The lowest BCUT2D eigenvalue weighted by atomic mass is 9.63. The summed E-state index contributed by atoms with van der Waals surface area (Å²) in [5, 5.41) is 0. The molecule has 2 heteroatoms. The smallest absolute Gasteiger partial charge is 0.169 e. The van der Waals surface area contributed by atoms with Crippen molar-refractivity contribution in [1.82, 2.24) is 0 Å². The minimum Gasteiger partial charge on any atom is -0.344 e. The van der Waals surface area contributed by atoms with E-state index in [0.717, 1.165) is 17.8 Å². The average molecular weight is 319 g/mol. The second-order valence-corrected chi connectivity index (χ2v) is 10.8. The van der Waals surface area contributed by atoms with Gasteiger partial charge in [-0.05, 0) is 80.5 Å². The first-order chi connectivity index (χ1) is 10.6. The summed E-state index contributed by atoms with van der Waals surface area (Å²) in [5.74, 6) is 3.43. The summed E-state index contributed by atoms with van der Waals surface area (Å²) in [6.45, 7) is 14.6. The molecule has 5 aliphatic rings. The Balaban J connectivity index is 1.56. The normalized spacial score (nSPS) is 65.5. The highest BCUT2D eigenvalue weighted by molar-refractivity contribution is 5.22. The van der Waals surface area contributed by atoms with Crippen LogP contribution in [-0.4, -0.2) is 17.5 Å². The van der Waals surface area contributed by atoms with Crippen molar-refractivity contribution >= 4 is 0 Å². The van der Waals surface area contributed by atoms with Crippen LogP contribution in [0.2, 0.25) is 0 Å². The molecule has 5 fully saturated rings. The standard InChI is InChI=1S/C21H34O2/c1-12-9-14(12)20(6)22-17-11-21-10-16(19(17,5)23-20)18(3,4)15(21)8-7-13(21)2/h12-17H,7-11H2,1-6H3. The maximum absolute atomic E-state index is 6.88. The Morgan fingerprint density at radius 1 is 0.913 bits per heavy atom. The third-order valence-corrected chi connectivity index (χ3v) is 9.42. The van der Waals surface area contributed by atoms with E-state index in [4.69, 9.17) is 9.47 Å².